The van der Waals surface area contributed by atoms with Crippen molar-refractivity contribution in [2.45, 2.75) is 29.4 Å². The van der Waals surface area contributed by atoms with Gasteiger partial charge in [-0.25, -0.2) is 4.79 Å². The van der Waals surface area contributed by atoms with E-state index in [9.17, 15) is 102 Å². The van der Waals surface area contributed by atoms with E-state index in [0.717, 1.165) is 18.2 Å². The average molecular weight is 1280 g/mol. The van der Waals surface area contributed by atoms with Gasteiger partial charge in [0.15, 0.2) is 0 Å². The van der Waals surface area contributed by atoms with Gasteiger partial charge in [0.1, 0.15) is 47.7 Å². The van der Waals surface area contributed by atoms with Crippen molar-refractivity contribution in [3.05, 3.63) is 120 Å². The molecule has 8 rings (SSSR count). The number of hydrogen-bond donors (Lipinski definition) is 12. The van der Waals surface area contributed by atoms with E-state index in [1.807, 2.05) is 0 Å². The molecule has 8 aromatic rings. The fraction of sp³-hybridized carbons (Fsp3) is 0.0889. The average Bonchev–Trinajstić information content (AvgIpc) is 1.83. The number of hydrogen-bond acceptors (Lipinski definition) is 17. The summed E-state index contributed by atoms with van der Waals surface area (Å²) >= 11 is 0. The molecule has 0 saturated carbocycles. The van der Waals surface area contributed by atoms with Crippen LogP contribution in [0.4, 0.5) is 39.4 Å². The number of rotatable bonds is 16. The van der Waals surface area contributed by atoms with Gasteiger partial charge in [0.25, 0.3) is 84.3 Å². The predicted octanol–water partition coefficient (Wildman–Crippen LogP) is 3.48. The number of fused-ring (bicyclic) bond motifs is 2. The molecule has 0 bridgehead atoms. The molecule has 39 heteroatoms. The predicted molar refractivity (Wildman–Crippen MR) is 293 cm³/mol. The summed E-state index contributed by atoms with van der Waals surface area (Å²) in [5.41, 5.74) is -1.31. The highest BCUT2D eigenvalue weighted by atomic mass is 32.2. The van der Waals surface area contributed by atoms with Crippen LogP contribution in [0.15, 0.2) is 127 Å². The highest BCUT2D eigenvalue weighted by molar-refractivity contribution is 7.89. The maximum Gasteiger partial charge on any atom is 0.325 e. The summed E-state index contributed by atoms with van der Waals surface area (Å²) in [4.78, 5) is 59.9. The van der Waals surface area contributed by atoms with Gasteiger partial charge in [-0.1, -0.05) is 0 Å². The summed E-state index contributed by atoms with van der Waals surface area (Å²) in [6.45, 7) is 0. The van der Waals surface area contributed by atoms with Crippen LogP contribution < -0.4 is 31.9 Å². The van der Waals surface area contributed by atoms with Gasteiger partial charge in [0.2, 0.25) is 0 Å². The van der Waals surface area contributed by atoms with Gasteiger partial charge in [-0.3, -0.25) is 57.1 Å². The molecule has 0 unspecified atom stereocenters. The Morgan fingerprint density at radius 1 is 0.333 bits per heavy atom. The number of aromatic nitrogens is 4. The van der Waals surface area contributed by atoms with E-state index in [1.165, 1.54) is 89.4 Å². The third-order valence-electron chi connectivity index (χ3n) is 12.3. The zero-order valence-corrected chi connectivity index (χ0v) is 47.5. The zero-order chi connectivity index (χ0) is 62.3. The minimum Gasteiger partial charge on any atom is -0.337 e. The summed E-state index contributed by atoms with van der Waals surface area (Å²) < 4.78 is 209. The Balaban J connectivity index is 0.924. The largest absolute Gasteiger partial charge is 0.337 e. The lowest BCUT2D eigenvalue weighted by Gasteiger charge is -2.14. The third-order valence-corrected chi connectivity index (χ3v) is 17.8. The SMILES string of the molecule is Cn1cc(C(=O)Nc2cc(C(=O)Nc3cc(S(=O)(=O)O)cc4cc(S(=O)(=O)O)c(S(=O)(=O)O)cc34)cn2C)cc1NC(=O)Nc1cc(C(=O)Nc2cc(C(=O)Nc3ccc(S(=O)(=O)O)c4cc(S(=O)(=O)O)c(S(=O)(=O)O)cc34)cn2C)cn1C. The maximum absolute atomic E-state index is 13.6. The lowest BCUT2D eigenvalue weighted by atomic mass is 10.1. The van der Waals surface area contributed by atoms with E-state index in [4.69, 9.17) is 0 Å². The molecule has 33 nitrogen and oxygen atoms in total. The Hall–Kier alpha value is -8.87. The summed E-state index contributed by atoms with van der Waals surface area (Å²) in [6, 6.07) is 8.93. The van der Waals surface area contributed by atoms with E-state index in [-0.39, 0.29) is 56.6 Å². The Morgan fingerprint density at radius 3 is 1.02 bits per heavy atom. The second-order valence-electron chi connectivity index (χ2n) is 18.1. The minimum atomic E-state index is -5.45. The molecule has 444 valence electrons. The Morgan fingerprint density at radius 2 is 0.655 bits per heavy atom. The van der Waals surface area contributed by atoms with Gasteiger partial charge in [0.05, 0.1) is 32.8 Å². The first-order chi connectivity index (χ1) is 38.6. The molecule has 84 heavy (non-hydrogen) atoms. The Kier molecular flexibility index (Phi) is 15.6. The zero-order valence-electron chi connectivity index (χ0n) is 42.6. The maximum atomic E-state index is 13.6. The first kappa shape index (κ1) is 61.2. The lowest BCUT2D eigenvalue weighted by Crippen LogP contribution is -2.22. The second kappa shape index (κ2) is 21.4. The molecule has 0 atom stereocenters. The smallest absolute Gasteiger partial charge is 0.325 e. The number of aryl methyl sites for hydroxylation is 4. The van der Waals surface area contributed by atoms with Crippen molar-refractivity contribution in [2.75, 3.05) is 31.9 Å². The highest BCUT2D eigenvalue weighted by Gasteiger charge is 2.30. The summed E-state index contributed by atoms with van der Waals surface area (Å²) in [5.74, 6) is -3.37. The first-order valence-electron chi connectivity index (χ1n) is 22.6. The quantitative estimate of drug-likeness (QED) is 0.0616. The van der Waals surface area contributed by atoms with Crippen LogP contribution in [0.5, 0.6) is 0 Å². The Labute approximate surface area is 473 Å². The normalized spacial score (nSPS) is 12.5. The second-order valence-corrected chi connectivity index (χ2v) is 26.5. The van der Waals surface area contributed by atoms with Crippen molar-refractivity contribution < 1.29 is 102 Å². The third kappa shape index (κ3) is 12.8. The van der Waals surface area contributed by atoms with Gasteiger partial charge >= 0.3 is 6.03 Å². The van der Waals surface area contributed by atoms with Crippen LogP contribution in [0.2, 0.25) is 0 Å². The molecule has 0 fully saturated rings. The van der Waals surface area contributed by atoms with Crippen LogP contribution >= 0.6 is 0 Å². The molecule has 6 amide bonds. The topological polar surface area (TPSA) is 503 Å². The fourth-order valence-corrected chi connectivity index (χ4v) is 13.2. The number of anilines is 6. The van der Waals surface area contributed by atoms with E-state index in [0.29, 0.717) is 36.4 Å². The van der Waals surface area contributed by atoms with E-state index in [1.54, 1.807) is 0 Å². The van der Waals surface area contributed by atoms with Crippen molar-refractivity contribution in [1.82, 2.24) is 18.3 Å². The number of carbonyl (C=O) groups is 5. The molecule has 4 aromatic carbocycles. The van der Waals surface area contributed by atoms with Crippen LogP contribution in [0, 0.1) is 0 Å². The number of amides is 6. The molecular weight excluding hydrogens is 1240 g/mol. The number of urea groups is 1. The molecule has 0 aliphatic rings. The Bertz CT molecular complexity index is 4950. The molecule has 0 radical (unpaired) electrons. The molecule has 0 saturated heterocycles. The van der Waals surface area contributed by atoms with E-state index >= 15 is 0 Å². The molecule has 12 N–H and O–H groups in total. The fourth-order valence-electron chi connectivity index (χ4n) is 8.34. The van der Waals surface area contributed by atoms with Crippen LogP contribution in [0.1, 0.15) is 41.4 Å². The van der Waals surface area contributed by atoms with Crippen molar-refractivity contribution in [3.8, 4) is 0 Å². The van der Waals surface area contributed by atoms with Gasteiger partial charge in [0, 0.05) is 74.8 Å². The monoisotopic (exact) mass is 1280 g/mol. The number of nitrogens with zero attached hydrogens (tertiary/aromatic N) is 4. The summed E-state index contributed by atoms with van der Waals surface area (Å²) in [7, 11) is -26.1. The van der Waals surface area contributed by atoms with Crippen LogP contribution in [0.25, 0.3) is 21.5 Å². The summed E-state index contributed by atoms with van der Waals surface area (Å²) in [6.07, 6.45) is 5.10. The molecule has 4 aromatic heterocycles. The van der Waals surface area contributed by atoms with Gasteiger partial charge in [-0.15, -0.1) is 0 Å². The summed E-state index contributed by atoms with van der Waals surface area (Å²) in [5, 5.41) is 12.9. The van der Waals surface area contributed by atoms with Crippen molar-refractivity contribution in [3.63, 3.8) is 0 Å². The van der Waals surface area contributed by atoms with Crippen LogP contribution in [-0.2, 0) is 88.9 Å². The van der Waals surface area contributed by atoms with E-state index < -0.39 is 142 Å². The van der Waals surface area contributed by atoms with Gasteiger partial charge < -0.3 is 39.5 Å². The number of carbonyl (C=O) groups excluding carboxylic acids is 5. The lowest BCUT2D eigenvalue weighted by molar-refractivity contribution is 0.101. The molecule has 0 aliphatic carbocycles. The molecule has 0 aliphatic heterocycles. The van der Waals surface area contributed by atoms with Gasteiger partial charge in [-0.2, -0.15) is 50.5 Å². The number of nitrogens with one attached hydrogen (secondary N) is 6. The number of benzene rings is 4. The van der Waals surface area contributed by atoms with E-state index in [2.05, 4.69) is 31.9 Å². The van der Waals surface area contributed by atoms with Gasteiger partial charge in [-0.05, 0) is 78.2 Å². The standard InChI is InChI=1S/C45H40N10O23S6/c1-52-17-22(41(56)46-30-5-6-32(80(64,65)66)29-16-36(84(76,77)78)35(15-28(29)30)83(73,74)75)9-37(52)48-43(58)24-11-39(54(3)19-24)50-45(60)51-40-12-25(20-55(40)4)44(59)49-38-10-23(18-53(38)2)42(57)47-31-13-26(79(61,62)63)7-21-8-33(81(67,68)69)34(14-27(21)31)82(70,71)72/h5-20H,1-4H3,(H,46,56)(H,47,57)(H,48,58)(H,49,59)(H2,50,51,60)(H,61,62,63)(H,64,65,66)(H,67,68,69)(H,70,71,72)(H,73,74,75)(H,76,77,78). The van der Waals surface area contributed by atoms with Crippen molar-refractivity contribution >= 4 is 147 Å². The highest BCUT2D eigenvalue weighted by Crippen LogP contribution is 2.37. The molecular formula is C45H40N10O23S6. The first-order valence-corrected chi connectivity index (χ1v) is 31.3. The van der Waals surface area contributed by atoms with Crippen molar-refractivity contribution in [2.24, 2.45) is 28.2 Å². The van der Waals surface area contributed by atoms with Crippen LogP contribution in [0.3, 0.4) is 0 Å². The molecule has 4 heterocycles. The van der Waals surface area contributed by atoms with Crippen LogP contribution in [-0.4, -0.2) is 126 Å². The molecule has 0 spiro atoms. The minimum absolute atomic E-state index is 0.00644. The van der Waals surface area contributed by atoms with Crippen molar-refractivity contribution in [1.29, 1.82) is 0 Å².